The van der Waals surface area contributed by atoms with Crippen molar-refractivity contribution in [2.75, 3.05) is 16.0 Å². The van der Waals surface area contributed by atoms with E-state index < -0.39 is 0 Å². The molecule has 3 aliphatic carbocycles. The third kappa shape index (κ3) is 5.59. The Balaban J connectivity index is 0.000000711. The molecule has 3 aromatic carbocycles. The van der Waals surface area contributed by atoms with E-state index in [1.807, 2.05) is 36.4 Å². The highest BCUT2D eigenvalue weighted by Gasteiger charge is 2.41. The molecule has 37 heavy (non-hydrogen) atoms. The van der Waals surface area contributed by atoms with Crippen molar-refractivity contribution in [2.24, 2.45) is 0 Å². The van der Waals surface area contributed by atoms with Crippen LogP contribution in [0.5, 0.6) is 0 Å². The molecule has 0 aliphatic heterocycles. The van der Waals surface area contributed by atoms with Crippen LogP contribution in [0, 0.1) is 0 Å². The SMILES string of the molecule is CC(=O)Nc1ccc2c(c1)C1c3cc(NC(C)=O)ccc3C2c2ccc(NC(C)=O)cc21.CC(C)=O.O. The molecule has 0 heterocycles. The predicted octanol–water partition coefficient (Wildman–Crippen LogP) is 4.32. The first-order chi connectivity index (χ1) is 17.0. The molecule has 3 aliphatic rings. The first kappa shape index (κ1) is 27.3. The standard InChI is InChI=1S/C26H23N3O3.C3H6O.H2O/c1-13(30)27-16-4-7-19-22(10-16)26-23-11-17(28-14(2)31)5-8-20(23)25(19)21-9-6-18(12-24(21)26)29-15(3)32;1-3(2)4;/h4-12,25-26H,1-3H3,(H,27,30)(H,28,31)(H,29,32);1-2H3;1H2. The van der Waals surface area contributed by atoms with Gasteiger partial charge < -0.3 is 26.2 Å². The Hall–Kier alpha value is -4.30. The van der Waals surface area contributed by atoms with Crippen molar-refractivity contribution in [3.8, 4) is 0 Å². The van der Waals surface area contributed by atoms with Gasteiger partial charge in [-0.15, -0.1) is 0 Å². The van der Waals surface area contributed by atoms with Gasteiger partial charge in [0.15, 0.2) is 0 Å². The van der Waals surface area contributed by atoms with E-state index in [0.717, 1.165) is 33.8 Å². The number of carbonyl (C=O) groups excluding carboxylic acids is 4. The van der Waals surface area contributed by atoms with E-state index in [1.165, 1.54) is 51.3 Å². The summed E-state index contributed by atoms with van der Waals surface area (Å²) in [7, 11) is 0. The smallest absolute Gasteiger partial charge is 0.221 e. The van der Waals surface area contributed by atoms with Gasteiger partial charge in [0.1, 0.15) is 5.78 Å². The molecule has 0 spiro atoms. The van der Waals surface area contributed by atoms with Crippen LogP contribution in [0.2, 0.25) is 0 Å². The highest BCUT2D eigenvalue weighted by molar-refractivity contribution is 5.91. The summed E-state index contributed by atoms with van der Waals surface area (Å²) in [5, 5.41) is 8.65. The number of anilines is 3. The molecule has 2 bridgehead atoms. The topological polar surface area (TPSA) is 136 Å². The van der Waals surface area contributed by atoms with Crippen LogP contribution < -0.4 is 16.0 Å². The van der Waals surface area contributed by atoms with Gasteiger partial charge in [-0.1, -0.05) is 18.2 Å². The van der Waals surface area contributed by atoms with Gasteiger partial charge in [-0.25, -0.2) is 0 Å². The van der Waals surface area contributed by atoms with Crippen LogP contribution in [0.25, 0.3) is 0 Å². The lowest BCUT2D eigenvalue weighted by atomic mass is 9.61. The highest BCUT2D eigenvalue weighted by Crippen LogP contribution is 2.56. The average molecular weight is 502 g/mol. The molecule has 0 atom stereocenters. The van der Waals surface area contributed by atoms with E-state index in [2.05, 4.69) is 34.1 Å². The lowest BCUT2D eigenvalue weighted by Crippen LogP contribution is -2.28. The van der Waals surface area contributed by atoms with Crippen molar-refractivity contribution >= 4 is 40.6 Å². The van der Waals surface area contributed by atoms with Gasteiger partial charge in [-0.05, 0) is 83.6 Å². The van der Waals surface area contributed by atoms with Crippen molar-refractivity contribution < 1.29 is 24.7 Å². The van der Waals surface area contributed by atoms with E-state index in [0.29, 0.717) is 0 Å². The molecule has 0 unspecified atom stereocenters. The van der Waals surface area contributed by atoms with Crippen molar-refractivity contribution in [1.82, 2.24) is 0 Å². The Morgan fingerprint density at radius 1 is 0.486 bits per heavy atom. The van der Waals surface area contributed by atoms with Crippen molar-refractivity contribution in [2.45, 2.75) is 46.5 Å². The second kappa shape index (κ2) is 10.8. The van der Waals surface area contributed by atoms with Crippen molar-refractivity contribution in [1.29, 1.82) is 0 Å². The summed E-state index contributed by atoms with van der Waals surface area (Å²) >= 11 is 0. The summed E-state index contributed by atoms with van der Waals surface area (Å²) in [6.45, 7) is 7.54. The Bertz CT molecular complexity index is 1250. The number of carbonyl (C=O) groups is 4. The normalized spacial score (nSPS) is 15.4. The largest absolute Gasteiger partial charge is 0.412 e. The monoisotopic (exact) mass is 501 g/mol. The van der Waals surface area contributed by atoms with Gasteiger partial charge in [0.05, 0.1) is 0 Å². The van der Waals surface area contributed by atoms with Crippen LogP contribution in [-0.2, 0) is 19.2 Å². The van der Waals surface area contributed by atoms with Gasteiger partial charge >= 0.3 is 0 Å². The molecule has 8 nitrogen and oxygen atoms in total. The van der Waals surface area contributed by atoms with E-state index in [9.17, 15) is 19.2 Å². The fourth-order valence-corrected chi connectivity index (χ4v) is 5.11. The van der Waals surface area contributed by atoms with Gasteiger partial charge in [-0.3, -0.25) is 14.4 Å². The number of hydrogen-bond donors (Lipinski definition) is 3. The van der Waals surface area contributed by atoms with E-state index in [-0.39, 0.29) is 40.8 Å². The molecule has 6 rings (SSSR count). The second-order valence-electron chi connectivity index (χ2n) is 9.35. The van der Waals surface area contributed by atoms with E-state index >= 15 is 0 Å². The Kier molecular flexibility index (Phi) is 7.93. The zero-order chi connectivity index (χ0) is 26.1. The third-order valence-electron chi connectivity index (χ3n) is 6.09. The van der Waals surface area contributed by atoms with Crippen LogP contribution >= 0.6 is 0 Å². The zero-order valence-corrected chi connectivity index (χ0v) is 21.5. The summed E-state index contributed by atoms with van der Waals surface area (Å²) in [4.78, 5) is 44.4. The molecule has 0 aromatic heterocycles. The minimum absolute atomic E-state index is 0. The molecule has 5 N–H and O–H groups in total. The molecular formula is C29H31N3O5. The van der Waals surface area contributed by atoms with Gasteiger partial charge in [0, 0.05) is 49.7 Å². The molecule has 3 amide bonds. The third-order valence-corrected chi connectivity index (χ3v) is 6.09. The fourth-order valence-electron chi connectivity index (χ4n) is 5.11. The second-order valence-corrected chi connectivity index (χ2v) is 9.35. The summed E-state index contributed by atoms with van der Waals surface area (Å²) in [5.74, 6) is -0.215. The summed E-state index contributed by atoms with van der Waals surface area (Å²) in [6.07, 6.45) is 0. The Morgan fingerprint density at radius 2 is 0.730 bits per heavy atom. The first-order valence-corrected chi connectivity index (χ1v) is 11.8. The predicted molar refractivity (Wildman–Crippen MR) is 144 cm³/mol. The van der Waals surface area contributed by atoms with Crippen LogP contribution in [0.3, 0.4) is 0 Å². The van der Waals surface area contributed by atoms with Gasteiger partial charge in [-0.2, -0.15) is 0 Å². The molecular weight excluding hydrogens is 470 g/mol. The van der Waals surface area contributed by atoms with E-state index in [4.69, 9.17) is 0 Å². The maximum Gasteiger partial charge on any atom is 0.221 e. The molecule has 8 heteroatoms. The van der Waals surface area contributed by atoms with Crippen LogP contribution in [0.1, 0.15) is 79.8 Å². The highest BCUT2D eigenvalue weighted by atomic mass is 16.2. The lowest BCUT2D eigenvalue weighted by Gasteiger charge is -2.42. The summed E-state index contributed by atoms with van der Waals surface area (Å²) in [5.41, 5.74) is 9.27. The number of nitrogens with one attached hydrogen (secondary N) is 3. The molecule has 0 saturated heterocycles. The number of rotatable bonds is 3. The Morgan fingerprint density at radius 3 is 0.973 bits per heavy atom. The number of ketones is 1. The quantitative estimate of drug-likeness (QED) is 0.339. The maximum absolute atomic E-state index is 11.6. The lowest BCUT2D eigenvalue weighted by molar-refractivity contribution is -0.115. The van der Waals surface area contributed by atoms with Gasteiger partial charge in [0.2, 0.25) is 17.7 Å². The molecule has 0 fully saturated rings. The first-order valence-electron chi connectivity index (χ1n) is 11.8. The number of benzene rings is 3. The Labute approximate surface area is 215 Å². The average Bonchev–Trinajstić information content (AvgIpc) is 2.76. The minimum atomic E-state index is -0.118. The number of amides is 3. The summed E-state index contributed by atoms with van der Waals surface area (Å²) < 4.78 is 0. The molecule has 192 valence electrons. The van der Waals surface area contributed by atoms with Crippen LogP contribution in [-0.4, -0.2) is 29.0 Å². The van der Waals surface area contributed by atoms with Crippen molar-refractivity contribution in [3.05, 3.63) is 88.0 Å². The van der Waals surface area contributed by atoms with Gasteiger partial charge in [0.25, 0.3) is 0 Å². The minimum Gasteiger partial charge on any atom is -0.412 e. The fraction of sp³-hybridized carbons (Fsp3) is 0.241. The number of Topliss-reactive ketones (excluding diaryl/α,β-unsaturated/α-hetero) is 1. The summed E-state index contributed by atoms with van der Waals surface area (Å²) in [6, 6.07) is 18.2. The van der Waals surface area contributed by atoms with Crippen molar-refractivity contribution in [3.63, 3.8) is 0 Å². The zero-order valence-electron chi connectivity index (χ0n) is 21.5. The molecule has 0 saturated carbocycles. The maximum atomic E-state index is 11.6. The molecule has 3 aromatic rings. The van der Waals surface area contributed by atoms with E-state index in [1.54, 1.807) is 0 Å². The van der Waals surface area contributed by atoms with Crippen LogP contribution in [0.15, 0.2) is 54.6 Å². The molecule has 0 radical (unpaired) electrons. The number of hydrogen-bond acceptors (Lipinski definition) is 4. The van der Waals surface area contributed by atoms with Crippen LogP contribution in [0.4, 0.5) is 17.1 Å².